The number of carbonyl (C=O) groups is 1. The standard InChI is InChI=1S/C15H16BrNO3S2/c1-17(11-12-7-8-14(16)21-12)15(18)9-10-22(19,20)13-5-3-2-4-6-13/h2-8H,9-11H2,1H3. The second kappa shape index (κ2) is 7.39. The van der Waals surface area contributed by atoms with E-state index in [0.29, 0.717) is 6.54 Å². The number of hydrogen-bond donors (Lipinski definition) is 0. The van der Waals surface area contributed by atoms with Crippen molar-refractivity contribution in [3.8, 4) is 0 Å². The maximum Gasteiger partial charge on any atom is 0.223 e. The van der Waals surface area contributed by atoms with Gasteiger partial charge in [-0.3, -0.25) is 4.79 Å². The number of rotatable bonds is 6. The molecule has 0 fully saturated rings. The third-order valence-corrected chi connectivity index (χ3v) is 6.47. The van der Waals surface area contributed by atoms with E-state index in [1.165, 1.54) is 0 Å². The number of thiophene rings is 1. The summed E-state index contributed by atoms with van der Waals surface area (Å²) in [6.45, 7) is 0.487. The van der Waals surface area contributed by atoms with Crippen molar-refractivity contribution in [3.05, 3.63) is 51.1 Å². The van der Waals surface area contributed by atoms with Gasteiger partial charge in [0.1, 0.15) is 0 Å². The van der Waals surface area contributed by atoms with Gasteiger partial charge in [0.05, 0.1) is 21.0 Å². The minimum Gasteiger partial charge on any atom is -0.341 e. The minimum absolute atomic E-state index is 0.0136. The molecule has 1 amide bonds. The van der Waals surface area contributed by atoms with Crippen LogP contribution in [0.1, 0.15) is 11.3 Å². The van der Waals surface area contributed by atoms with E-state index in [2.05, 4.69) is 15.9 Å². The first-order chi connectivity index (χ1) is 10.4. The molecule has 0 aliphatic carbocycles. The quantitative estimate of drug-likeness (QED) is 0.745. The molecule has 1 aromatic carbocycles. The Morgan fingerprint density at radius 3 is 2.45 bits per heavy atom. The predicted molar refractivity (Wildman–Crippen MR) is 91.6 cm³/mol. The number of sulfone groups is 1. The highest BCUT2D eigenvalue weighted by atomic mass is 79.9. The summed E-state index contributed by atoms with van der Waals surface area (Å²) >= 11 is 4.94. The maximum absolute atomic E-state index is 12.1. The summed E-state index contributed by atoms with van der Waals surface area (Å²) in [5.41, 5.74) is 0. The summed E-state index contributed by atoms with van der Waals surface area (Å²) in [6.07, 6.45) is -0.0136. The molecule has 0 atom stereocenters. The molecule has 0 spiro atoms. The van der Waals surface area contributed by atoms with Gasteiger partial charge in [-0.2, -0.15) is 0 Å². The summed E-state index contributed by atoms with van der Waals surface area (Å²) in [5, 5.41) is 0. The predicted octanol–water partition coefficient (Wildman–Crippen LogP) is 3.33. The first-order valence-corrected chi connectivity index (χ1v) is 9.90. The van der Waals surface area contributed by atoms with Gasteiger partial charge in [0.15, 0.2) is 9.84 Å². The highest BCUT2D eigenvalue weighted by Crippen LogP contribution is 2.23. The van der Waals surface area contributed by atoms with Crippen molar-refractivity contribution in [1.82, 2.24) is 4.90 Å². The molecule has 22 heavy (non-hydrogen) atoms. The lowest BCUT2D eigenvalue weighted by molar-refractivity contribution is -0.129. The Morgan fingerprint density at radius 1 is 1.18 bits per heavy atom. The zero-order chi connectivity index (χ0) is 16.2. The molecule has 0 bridgehead atoms. The molecule has 0 N–H and O–H groups in total. The highest BCUT2D eigenvalue weighted by Gasteiger charge is 2.18. The van der Waals surface area contributed by atoms with Crippen LogP contribution in [0.2, 0.25) is 0 Å². The Hall–Kier alpha value is -1.18. The van der Waals surface area contributed by atoms with E-state index in [1.54, 1.807) is 53.6 Å². The van der Waals surface area contributed by atoms with Gasteiger partial charge in [0.2, 0.25) is 5.91 Å². The van der Waals surface area contributed by atoms with E-state index in [0.717, 1.165) is 8.66 Å². The van der Waals surface area contributed by atoms with Crippen LogP contribution in [0.3, 0.4) is 0 Å². The summed E-state index contributed by atoms with van der Waals surface area (Å²) in [4.78, 5) is 14.9. The lowest BCUT2D eigenvalue weighted by Crippen LogP contribution is -2.27. The molecule has 1 heterocycles. The molecule has 4 nitrogen and oxygen atoms in total. The Labute approximate surface area is 142 Å². The number of benzene rings is 1. The topological polar surface area (TPSA) is 54.5 Å². The third-order valence-electron chi connectivity index (χ3n) is 3.13. The van der Waals surface area contributed by atoms with Gasteiger partial charge in [-0.05, 0) is 40.2 Å². The summed E-state index contributed by atoms with van der Waals surface area (Å²) in [6, 6.07) is 12.1. The Kier molecular flexibility index (Phi) is 5.77. The third kappa shape index (κ3) is 4.66. The molecule has 2 aromatic rings. The molecule has 7 heteroatoms. The van der Waals surface area contributed by atoms with E-state index >= 15 is 0 Å². The molecule has 1 aromatic heterocycles. The van der Waals surface area contributed by atoms with Crippen LogP contribution >= 0.6 is 27.3 Å². The Bertz CT molecular complexity index is 741. The Balaban J connectivity index is 1.92. The summed E-state index contributed by atoms with van der Waals surface area (Å²) < 4.78 is 25.3. The molecule has 2 rings (SSSR count). The first-order valence-electron chi connectivity index (χ1n) is 6.64. The van der Waals surface area contributed by atoms with E-state index in [4.69, 9.17) is 0 Å². The van der Waals surface area contributed by atoms with Gasteiger partial charge in [0.25, 0.3) is 0 Å². The molecule has 0 aliphatic rings. The molecule has 118 valence electrons. The average Bonchev–Trinajstić information content (AvgIpc) is 2.91. The molecular formula is C15H16BrNO3S2. The van der Waals surface area contributed by atoms with Crippen molar-refractivity contribution in [2.45, 2.75) is 17.9 Å². The van der Waals surface area contributed by atoms with Crippen LogP contribution in [0.25, 0.3) is 0 Å². The van der Waals surface area contributed by atoms with Gasteiger partial charge in [0, 0.05) is 18.3 Å². The average molecular weight is 402 g/mol. The number of carbonyl (C=O) groups excluding carboxylic acids is 1. The maximum atomic E-state index is 12.1. The largest absolute Gasteiger partial charge is 0.341 e. The second-order valence-corrected chi connectivity index (χ2v) is 9.49. The fourth-order valence-electron chi connectivity index (χ4n) is 1.92. The normalized spacial score (nSPS) is 11.4. The molecule has 0 radical (unpaired) electrons. The van der Waals surface area contributed by atoms with Crippen LogP contribution in [0.15, 0.2) is 51.1 Å². The summed E-state index contributed by atoms with van der Waals surface area (Å²) in [7, 11) is -1.72. The first kappa shape index (κ1) is 17.2. The lowest BCUT2D eigenvalue weighted by Gasteiger charge is -2.16. The van der Waals surface area contributed by atoms with E-state index in [-0.39, 0.29) is 23.0 Å². The molecular weight excluding hydrogens is 386 g/mol. The summed E-state index contributed by atoms with van der Waals surface area (Å²) in [5.74, 6) is -0.349. The number of nitrogens with zero attached hydrogens (tertiary/aromatic N) is 1. The molecule has 0 saturated heterocycles. The molecule has 0 unspecified atom stereocenters. The van der Waals surface area contributed by atoms with Gasteiger partial charge >= 0.3 is 0 Å². The van der Waals surface area contributed by atoms with Crippen LogP contribution < -0.4 is 0 Å². The van der Waals surface area contributed by atoms with Crippen molar-refractivity contribution in [2.24, 2.45) is 0 Å². The fourth-order valence-corrected chi connectivity index (χ4v) is 4.70. The Morgan fingerprint density at radius 2 is 1.86 bits per heavy atom. The van der Waals surface area contributed by atoms with Crippen LogP contribution in [-0.2, 0) is 21.2 Å². The molecule has 0 aliphatic heterocycles. The number of hydrogen-bond acceptors (Lipinski definition) is 4. The number of amides is 1. The van der Waals surface area contributed by atoms with E-state index in [9.17, 15) is 13.2 Å². The van der Waals surface area contributed by atoms with Crippen LogP contribution in [0.4, 0.5) is 0 Å². The van der Waals surface area contributed by atoms with Gasteiger partial charge in [-0.15, -0.1) is 11.3 Å². The molecule has 0 saturated carbocycles. The van der Waals surface area contributed by atoms with Crippen LogP contribution in [0.5, 0.6) is 0 Å². The second-order valence-electron chi connectivity index (χ2n) is 4.84. The van der Waals surface area contributed by atoms with E-state index in [1.807, 2.05) is 12.1 Å². The smallest absolute Gasteiger partial charge is 0.223 e. The fraction of sp³-hybridized carbons (Fsp3) is 0.267. The van der Waals surface area contributed by atoms with Crippen molar-refractivity contribution >= 4 is 43.0 Å². The monoisotopic (exact) mass is 401 g/mol. The van der Waals surface area contributed by atoms with Crippen molar-refractivity contribution in [1.29, 1.82) is 0 Å². The van der Waals surface area contributed by atoms with Crippen molar-refractivity contribution < 1.29 is 13.2 Å². The SMILES string of the molecule is CN(Cc1ccc(Br)s1)C(=O)CCS(=O)(=O)c1ccccc1. The number of halogens is 1. The van der Waals surface area contributed by atoms with Gasteiger partial charge in [-0.1, -0.05) is 18.2 Å². The van der Waals surface area contributed by atoms with Crippen molar-refractivity contribution in [2.75, 3.05) is 12.8 Å². The zero-order valence-corrected chi connectivity index (χ0v) is 15.2. The van der Waals surface area contributed by atoms with Gasteiger partial charge < -0.3 is 4.90 Å². The van der Waals surface area contributed by atoms with Crippen LogP contribution in [0, 0.1) is 0 Å². The van der Waals surface area contributed by atoms with Crippen molar-refractivity contribution in [3.63, 3.8) is 0 Å². The highest BCUT2D eigenvalue weighted by molar-refractivity contribution is 9.11. The van der Waals surface area contributed by atoms with Crippen LogP contribution in [-0.4, -0.2) is 32.0 Å². The minimum atomic E-state index is -3.41. The van der Waals surface area contributed by atoms with Gasteiger partial charge in [-0.25, -0.2) is 8.42 Å². The zero-order valence-electron chi connectivity index (χ0n) is 12.0. The lowest BCUT2D eigenvalue weighted by atomic mass is 10.4. The van der Waals surface area contributed by atoms with E-state index < -0.39 is 9.84 Å².